The molecule has 0 bridgehead atoms. The second kappa shape index (κ2) is 6.42. The van der Waals surface area contributed by atoms with Crippen molar-refractivity contribution in [2.45, 2.75) is 18.9 Å². The van der Waals surface area contributed by atoms with Crippen molar-refractivity contribution in [2.75, 3.05) is 26.3 Å². The second-order valence-corrected chi connectivity index (χ2v) is 8.61. The highest BCUT2D eigenvalue weighted by Crippen LogP contribution is 2.42. The Balaban J connectivity index is 1.31. The molecule has 1 N–H and O–H groups in total. The maximum atomic E-state index is 13.3. The summed E-state index contributed by atoms with van der Waals surface area (Å²) < 4.78 is 9.69. The molecule has 3 heterocycles. The van der Waals surface area contributed by atoms with E-state index >= 15 is 0 Å². The van der Waals surface area contributed by atoms with Gasteiger partial charge in [0, 0.05) is 31.2 Å². The fourth-order valence-corrected chi connectivity index (χ4v) is 5.25. The van der Waals surface area contributed by atoms with Crippen molar-refractivity contribution >= 4 is 23.3 Å². The summed E-state index contributed by atoms with van der Waals surface area (Å²) >= 11 is 1.20. The number of ether oxygens (including phenoxy) is 1. The molecule has 2 saturated heterocycles. The van der Waals surface area contributed by atoms with Gasteiger partial charge in [0.1, 0.15) is 4.88 Å². The lowest BCUT2D eigenvalue weighted by molar-refractivity contribution is -0.132. The minimum atomic E-state index is -0.630. The maximum Gasteiger partial charge on any atom is 0.265 e. The van der Waals surface area contributed by atoms with E-state index < -0.39 is 5.41 Å². The van der Waals surface area contributed by atoms with Crippen LogP contribution in [-0.2, 0) is 22.4 Å². The van der Waals surface area contributed by atoms with Gasteiger partial charge in [-0.15, -0.1) is 0 Å². The van der Waals surface area contributed by atoms with Crippen LogP contribution in [0.15, 0.2) is 36.5 Å². The Hall–Kier alpha value is -2.25. The molecule has 2 aliphatic heterocycles. The van der Waals surface area contributed by atoms with Gasteiger partial charge < -0.3 is 15.0 Å². The fraction of sp³-hybridized carbons (Fsp3) is 0.450. The van der Waals surface area contributed by atoms with E-state index in [9.17, 15) is 9.59 Å². The number of hydrogen-bond donors (Lipinski definition) is 1. The molecule has 2 atom stereocenters. The summed E-state index contributed by atoms with van der Waals surface area (Å²) in [5.74, 6) is 0.0490. The maximum absolute atomic E-state index is 13.3. The highest BCUT2D eigenvalue weighted by atomic mass is 32.1. The molecule has 0 unspecified atom stereocenters. The minimum Gasteiger partial charge on any atom is -0.380 e. The van der Waals surface area contributed by atoms with Crippen LogP contribution < -0.4 is 5.32 Å². The van der Waals surface area contributed by atoms with Gasteiger partial charge in [-0.2, -0.15) is 0 Å². The van der Waals surface area contributed by atoms with Crippen LogP contribution in [0.2, 0.25) is 0 Å². The van der Waals surface area contributed by atoms with Crippen molar-refractivity contribution in [1.29, 1.82) is 0 Å². The molecule has 0 spiro atoms. The van der Waals surface area contributed by atoms with Gasteiger partial charge in [0.25, 0.3) is 5.91 Å². The number of nitrogens with one attached hydrogen (secondary N) is 1. The van der Waals surface area contributed by atoms with Gasteiger partial charge in [0.15, 0.2) is 0 Å². The van der Waals surface area contributed by atoms with Crippen LogP contribution in [0.1, 0.15) is 20.8 Å². The van der Waals surface area contributed by atoms with Crippen molar-refractivity contribution in [3.63, 3.8) is 0 Å². The van der Waals surface area contributed by atoms with Gasteiger partial charge >= 0.3 is 0 Å². The Kier molecular flexibility index (Phi) is 4.02. The highest BCUT2D eigenvalue weighted by molar-refractivity contribution is 7.08. The van der Waals surface area contributed by atoms with Gasteiger partial charge in [-0.3, -0.25) is 9.59 Å². The van der Waals surface area contributed by atoms with E-state index in [1.165, 1.54) is 22.7 Å². The predicted molar refractivity (Wildman–Crippen MR) is 101 cm³/mol. The monoisotopic (exact) mass is 383 g/mol. The summed E-state index contributed by atoms with van der Waals surface area (Å²) in [6.07, 6.45) is 3.37. The quantitative estimate of drug-likeness (QED) is 0.872. The van der Waals surface area contributed by atoms with Gasteiger partial charge in [-0.05, 0) is 41.6 Å². The Morgan fingerprint density at radius 2 is 2.00 bits per heavy atom. The van der Waals surface area contributed by atoms with Gasteiger partial charge in [-0.1, -0.05) is 24.3 Å². The van der Waals surface area contributed by atoms with Crippen LogP contribution in [0.3, 0.4) is 0 Å². The average Bonchev–Trinajstić information content (AvgIpc) is 3.42. The first-order valence-electron chi connectivity index (χ1n) is 9.31. The smallest absolute Gasteiger partial charge is 0.265 e. The summed E-state index contributed by atoms with van der Waals surface area (Å²) in [4.78, 5) is 28.4. The van der Waals surface area contributed by atoms with Crippen molar-refractivity contribution in [3.05, 3.63) is 52.5 Å². The number of hydrogen-bond acceptors (Lipinski definition) is 5. The molecule has 140 valence electrons. The Morgan fingerprint density at radius 3 is 2.70 bits per heavy atom. The summed E-state index contributed by atoms with van der Waals surface area (Å²) in [6.45, 7) is 1.90. The number of fused-ring (bicyclic) bond motifs is 2. The average molecular weight is 383 g/mol. The van der Waals surface area contributed by atoms with Gasteiger partial charge in [0.2, 0.25) is 5.91 Å². The molecule has 3 aliphatic rings. The molecule has 2 amide bonds. The third-order valence-corrected chi connectivity index (χ3v) is 6.88. The number of rotatable bonds is 3. The summed E-state index contributed by atoms with van der Waals surface area (Å²) in [5.41, 5.74) is 2.00. The zero-order valence-corrected chi connectivity index (χ0v) is 15.7. The summed E-state index contributed by atoms with van der Waals surface area (Å²) in [7, 11) is 0. The van der Waals surface area contributed by atoms with E-state index in [2.05, 4.69) is 21.8 Å². The van der Waals surface area contributed by atoms with Gasteiger partial charge in [-0.25, -0.2) is 4.37 Å². The summed E-state index contributed by atoms with van der Waals surface area (Å²) in [5, 5.41) is 3.26. The molecule has 1 aromatic heterocycles. The van der Waals surface area contributed by atoms with Crippen molar-refractivity contribution in [3.8, 4) is 0 Å². The minimum absolute atomic E-state index is 0.0300. The van der Waals surface area contributed by atoms with E-state index in [1.807, 2.05) is 12.1 Å². The number of aromatic nitrogens is 1. The van der Waals surface area contributed by atoms with E-state index in [4.69, 9.17) is 4.74 Å². The molecule has 6 nitrogen and oxygen atoms in total. The fourth-order valence-electron chi connectivity index (χ4n) is 4.68. The van der Waals surface area contributed by atoms with E-state index in [-0.39, 0.29) is 23.8 Å². The standard InChI is InChI=1S/C20H21N3O3S/c24-18(17-5-6-21-27-17)23-9-15-10-26-12-20(15,11-23)19(25)22-16-7-13-3-1-2-4-14(13)8-16/h1-6,15-16H,7-12H2,(H,22,25)/t15-,20-/m1/s1. The predicted octanol–water partition coefficient (Wildman–Crippen LogP) is 1.52. The molecule has 2 fully saturated rings. The first-order valence-corrected chi connectivity index (χ1v) is 10.1. The number of nitrogens with zero attached hydrogens (tertiary/aromatic N) is 2. The first-order chi connectivity index (χ1) is 13.2. The van der Waals surface area contributed by atoms with Gasteiger partial charge in [0.05, 0.1) is 18.6 Å². The van der Waals surface area contributed by atoms with Crippen LogP contribution in [0.4, 0.5) is 0 Å². The molecule has 2 aromatic rings. The molecular formula is C20H21N3O3S. The zero-order chi connectivity index (χ0) is 18.4. The number of amides is 2. The number of carbonyl (C=O) groups excluding carboxylic acids is 2. The second-order valence-electron chi connectivity index (χ2n) is 7.78. The van der Waals surface area contributed by atoms with Crippen molar-refractivity contribution < 1.29 is 14.3 Å². The molecule has 0 saturated carbocycles. The van der Waals surface area contributed by atoms with Crippen LogP contribution in [-0.4, -0.2) is 53.4 Å². The third-order valence-electron chi connectivity index (χ3n) is 6.15. The topological polar surface area (TPSA) is 71.5 Å². The molecule has 5 rings (SSSR count). The zero-order valence-electron chi connectivity index (χ0n) is 14.9. The normalized spacial score (nSPS) is 26.8. The Morgan fingerprint density at radius 1 is 1.22 bits per heavy atom. The number of benzene rings is 1. The third kappa shape index (κ3) is 2.76. The number of likely N-dealkylation sites (tertiary alicyclic amines) is 1. The lowest BCUT2D eigenvalue weighted by atomic mass is 9.80. The number of carbonyl (C=O) groups is 2. The van der Waals surface area contributed by atoms with Crippen LogP contribution >= 0.6 is 11.5 Å². The highest BCUT2D eigenvalue weighted by Gasteiger charge is 2.57. The Labute approximate surface area is 161 Å². The van der Waals surface area contributed by atoms with Crippen molar-refractivity contribution in [2.24, 2.45) is 11.3 Å². The SMILES string of the molecule is O=C(c1ccns1)N1C[C@@H]2COC[C@]2(C(=O)NC2Cc3ccccc3C2)C1. The molecular weight excluding hydrogens is 362 g/mol. The molecule has 27 heavy (non-hydrogen) atoms. The molecule has 7 heteroatoms. The molecule has 0 radical (unpaired) electrons. The van der Waals surface area contributed by atoms with Crippen molar-refractivity contribution in [1.82, 2.24) is 14.6 Å². The molecule has 1 aliphatic carbocycles. The largest absolute Gasteiger partial charge is 0.380 e. The summed E-state index contributed by atoms with van der Waals surface area (Å²) in [6, 6.07) is 10.2. The Bertz CT molecular complexity index is 859. The van der Waals surface area contributed by atoms with Crippen LogP contribution in [0.25, 0.3) is 0 Å². The molecule has 1 aromatic carbocycles. The lowest BCUT2D eigenvalue weighted by Crippen LogP contribution is -2.50. The van der Waals surface area contributed by atoms with E-state index in [1.54, 1.807) is 17.2 Å². The van der Waals surface area contributed by atoms with Crippen LogP contribution in [0.5, 0.6) is 0 Å². The lowest BCUT2D eigenvalue weighted by Gasteiger charge is -2.27. The van der Waals surface area contributed by atoms with E-state index in [0.717, 1.165) is 12.8 Å². The van der Waals surface area contributed by atoms with Crippen LogP contribution in [0, 0.1) is 11.3 Å². The first kappa shape index (κ1) is 16.9. The van der Waals surface area contributed by atoms with E-state index in [0.29, 0.717) is 31.2 Å².